The van der Waals surface area contributed by atoms with Crippen molar-refractivity contribution in [1.82, 2.24) is 19.3 Å². The molecule has 176 valence electrons. The lowest BCUT2D eigenvalue weighted by Crippen LogP contribution is -2.31. The van der Waals surface area contributed by atoms with E-state index in [0.717, 1.165) is 29.7 Å². The molecule has 4 N–H and O–H groups in total. The number of aromatic nitrogens is 3. The van der Waals surface area contributed by atoms with Crippen molar-refractivity contribution in [2.24, 2.45) is 11.8 Å². The van der Waals surface area contributed by atoms with Crippen LogP contribution in [0.25, 0.3) is 11.0 Å². The zero-order chi connectivity index (χ0) is 23.2. The van der Waals surface area contributed by atoms with Crippen LogP contribution in [0.4, 0.5) is 5.82 Å². The second-order valence-corrected chi connectivity index (χ2v) is 10.4. The molecule has 2 aliphatic carbocycles. The number of fused-ring (bicyclic) bond motifs is 2. The van der Waals surface area contributed by atoms with Crippen LogP contribution >= 0.6 is 0 Å². The van der Waals surface area contributed by atoms with E-state index in [1.165, 1.54) is 11.1 Å². The van der Waals surface area contributed by atoms with E-state index in [-0.39, 0.29) is 24.5 Å². The van der Waals surface area contributed by atoms with Gasteiger partial charge < -0.3 is 15.0 Å². The monoisotopic (exact) mass is 471 g/mol. The van der Waals surface area contributed by atoms with Crippen LogP contribution in [0.3, 0.4) is 0 Å². The van der Waals surface area contributed by atoms with Crippen molar-refractivity contribution in [2.75, 3.05) is 11.9 Å². The molecule has 2 aromatic heterocycles. The van der Waals surface area contributed by atoms with Crippen LogP contribution in [0, 0.1) is 11.8 Å². The number of anilines is 1. The Morgan fingerprint density at radius 2 is 1.97 bits per heavy atom. The van der Waals surface area contributed by atoms with Gasteiger partial charge in [0.2, 0.25) is 0 Å². The third-order valence-corrected chi connectivity index (χ3v) is 7.75. The van der Waals surface area contributed by atoms with Crippen LogP contribution in [0.15, 0.2) is 42.9 Å². The van der Waals surface area contributed by atoms with Gasteiger partial charge >= 0.3 is 10.3 Å². The Bertz CT molecular complexity index is 1260. The van der Waals surface area contributed by atoms with Gasteiger partial charge in [0.1, 0.15) is 17.8 Å². The number of benzene rings is 1. The minimum absolute atomic E-state index is 0.00299. The van der Waals surface area contributed by atoms with Crippen LogP contribution in [-0.4, -0.2) is 45.3 Å². The van der Waals surface area contributed by atoms with Gasteiger partial charge in [-0.3, -0.25) is 4.55 Å². The lowest BCUT2D eigenvalue weighted by Gasteiger charge is -2.22. The minimum Gasteiger partial charge on any atom is -0.393 e. The molecule has 0 saturated heterocycles. The molecule has 1 aromatic carbocycles. The van der Waals surface area contributed by atoms with E-state index >= 15 is 0 Å². The fraction of sp³-hybridized carbons (Fsp3) is 0.478. The number of nitrogens with one attached hydrogen (secondary N) is 2. The van der Waals surface area contributed by atoms with E-state index in [2.05, 4.69) is 51.2 Å². The first kappa shape index (κ1) is 22.3. The van der Waals surface area contributed by atoms with Crippen molar-refractivity contribution in [3.8, 4) is 0 Å². The van der Waals surface area contributed by atoms with E-state index < -0.39 is 16.4 Å². The van der Waals surface area contributed by atoms with Crippen molar-refractivity contribution < 1.29 is 18.1 Å². The molecule has 0 unspecified atom stereocenters. The summed E-state index contributed by atoms with van der Waals surface area (Å²) in [5, 5.41) is 15.0. The standard InChI is InChI=1S/C23H29N5O4S/c1-2-14-9-15-5-3-4-6-18(15)21(14)27-22-19-7-8-28(23(19)25-13-24-22)17-10-16(20(29)11-17)12-26-33(30,31)32/h3-8,13-14,16-17,20-21,26,29H,2,9-12H2,1H3,(H,24,25,27)(H,30,31,32)/t14-,16-,17+,20-,21-/m0/s1. The summed E-state index contributed by atoms with van der Waals surface area (Å²) >= 11 is 0. The van der Waals surface area contributed by atoms with Crippen LogP contribution < -0.4 is 10.0 Å². The smallest absolute Gasteiger partial charge is 0.333 e. The molecule has 2 aliphatic rings. The third kappa shape index (κ3) is 4.35. The molecule has 9 nitrogen and oxygen atoms in total. The maximum absolute atomic E-state index is 11.0. The summed E-state index contributed by atoms with van der Waals surface area (Å²) in [7, 11) is -4.28. The normalized spacial score (nSPS) is 27.2. The van der Waals surface area contributed by atoms with E-state index in [1.807, 2.05) is 16.8 Å². The predicted octanol–water partition coefficient (Wildman–Crippen LogP) is 2.87. The molecule has 1 saturated carbocycles. The fourth-order valence-corrected chi connectivity index (χ4v) is 5.94. The number of hydrogen-bond acceptors (Lipinski definition) is 6. The quantitative estimate of drug-likeness (QED) is 0.390. The first-order chi connectivity index (χ1) is 15.8. The van der Waals surface area contributed by atoms with Gasteiger partial charge in [-0.25, -0.2) is 9.97 Å². The SMILES string of the molecule is CC[C@H]1Cc2ccccc2[C@H]1Nc1ncnc2c1ccn2[C@@H]1C[C@@H](CNS(=O)(=O)O)[C@@H](O)C1. The molecule has 0 spiro atoms. The molecule has 0 bridgehead atoms. The summed E-state index contributed by atoms with van der Waals surface area (Å²) in [6, 6.07) is 10.7. The van der Waals surface area contributed by atoms with Crippen molar-refractivity contribution >= 4 is 27.2 Å². The van der Waals surface area contributed by atoms with Crippen molar-refractivity contribution in [3.63, 3.8) is 0 Å². The van der Waals surface area contributed by atoms with Crippen molar-refractivity contribution in [1.29, 1.82) is 0 Å². The summed E-state index contributed by atoms with van der Waals surface area (Å²) < 4.78 is 35.1. The van der Waals surface area contributed by atoms with Crippen molar-refractivity contribution in [3.05, 3.63) is 54.0 Å². The zero-order valence-corrected chi connectivity index (χ0v) is 19.2. The number of aliphatic hydroxyl groups is 1. The first-order valence-corrected chi connectivity index (χ1v) is 12.8. The molecule has 33 heavy (non-hydrogen) atoms. The topological polar surface area (TPSA) is 129 Å². The van der Waals surface area contributed by atoms with Gasteiger partial charge in [0.05, 0.1) is 17.5 Å². The molecule has 2 heterocycles. The average molecular weight is 472 g/mol. The molecule has 5 rings (SSSR count). The van der Waals surface area contributed by atoms with E-state index in [0.29, 0.717) is 18.8 Å². The number of rotatable bonds is 7. The Morgan fingerprint density at radius 1 is 1.15 bits per heavy atom. The molecule has 1 fully saturated rings. The lowest BCUT2D eigenvalue weighted by atomic mass is 9.98. The van der Waals surface area contributed by atoms with Crippen LogP contribution in [0.2, 0.25) is 0 Å². The Morgan fingerprint density at radius 3 is 2.76 bits per heavy atom. The molecule has 5 atom stereocenters. The summed E-state index contributed by atoms with van der Waals surface area (Å²) in [6.45, 7) is 2.22. The highest BCUT2D eigenvalue weighted by atomic mass is 32.2. The molecule has 0 aliphatic heterocycles. The Balaban J connectivity index is 1.39. The molecule has 10 heteroatoms. The fourth-order valence-electron chi connectivity index (χ4n) is 5.51. The maximum atomic E-state index is 11.0. The van der Waals surface area contributed by atoms with E-state index in [1.54, 1.807) is 6.33 Å². The van der Waals surface area contributed by atoms with E-state index in [4.69, 9.17) is 4.55 Å². The number of hydrogen-bond donors (Lipinski definition) is 4. The maximum Gasteiger partial charge on any atom is 0.333 e. The predicted molar refractivity (Wildman–Crippen MR) is 125 cm³/mol. The summed E-state index contributed by atoms with van der Waals surface area (Å²) in [5.74, 6) is 1.01. The molecule has 0 radical (unpaired) electrons. The van der Waals surface area contributed by atoms with E-state index in [9.17, 15) is 13.5 Å². The molecule has 0 amide bonds. The van der Waals surface area contributed by atoms with Gasteiger partial charge in [-0.05, 0) is 42.4 Å². The third-order valence-electron chi connectivity index (χ3n) is 7.22. The second kappa shape index (κ2) is 8.68. The Labute approximate surface area is 193 Å². The first-order valence-electron chi connectivity index (χ1n) is 11.4. The van der Waals surface area contributed by atoms with Gasteiger partial charge in [-0.1, -0.05) is 37.6 Å². The number of aliphatic hydroxyl groups excluding tert-OH is 1. The van der Waals surface area contributed by atoms with Gasteiger partial charge in [0.15, 0.2) is 0 Å². The Kier molecular flexibility index (Phi) is 5.86. The van der Waals surface area contributed by atoms with Gasteiger partial charge in [0.25, 0.3) is 0 Å². The van der Waals surface area contributed by atoms with Crippen LogP contribution in [-0.2, 0) is 16.7 Å². The number of nitrogens with zero attached hydrogens (tertiary/aromatic N) is 3. The van der Waals surface area contributed by atoms with Crippen molar-refractivity contribution in [2.45, 2.75) is 50.8 Å². The van der Waals surface area contributed by atoms with Gasteiger partial charge in [-0.2, -0.15) is 13.1 Å². The molecular weight excluding hydrogens is 442 g/mol. The highest BCUT2D eigenvalue weighted by Gasteiger charge is 2.36. The zero-order valence-electron chi connectivity index (χ0n) is 18.4. The molecule has 3 aromatic rings. The highest BCUT2D eigenvalue weighted by molar-refractivity contribution is 7.83. The highest BCUT2D eigenvalue weighted by Crippen LogP contribution is 2.41. The summed E-state index contributed by atoms with van der Waals surface area (Å²) in [6.07, 6.45) is 6.04. The lowest BCUT2D eigenvalue weighted by molar-refractivity contribution is 0.133. The summed E-state index contributed by atoms with van der Waals surface area (Å²) in [5.41, 5.74) is 3.49. The Hall–Kier alpha value is -2.53. The largest absolute Gasteiger partial charge is 0.393 e. The summed E-state index contributed by atoms with van der Waals surface area (Å²) in [4.78, 5) is 9.07. The average Bonchev–Trinajstić information content (AvgIpc) is 3.47. The van der Waals surface area contributed by atoms with Gasteiger partial charge in [0, 0.05) is 24.7 Å². The minimum atomic E-state index is -4.28. The molecular formula is C23H29N5O4S. The van der Waals surface area contributed by atoms with Crippen LogP contribution in [0.1, 0.15) is 49.4 Å². The van der Waals surface area contributed by atoms with Gasteiger partial charge in [-0.15, -0.1) is 0 Å². The second-order valence-electron chi connectivity index (χ2n) is 9.15. The van der Waals surface area contributed by atoms with Crippen LogP contribution in [0.5, 0.6) is 0 Å².